The van der Waals surface area contributed by atoms with Crippen molar-refractivity contribution < 1.29 is 8.78 Å². The molecule has 0 aromatic carbocycles. The van der Waals surface area contributed by atoms with E-state index in [0.717, 1.165) is 0 Å². The van der Waals surface area contributed by atoms with Gasteiger partial charge in [-0.25, -0.2) is 8.78 Å². The van der Waals surface area contributed by atoms with Crippen molar-refractivity contribution in [3.8, 4) is 0 Å². The van der Waals surface area contributed by atoms with Crippen molar-refractivity contribution in [2.45, 2.75) is 38.7 Å². The summed E-state index contributed by atoms with van der Waals surface area (Å²) in [5, 5.41) is 0. The summed E-state index contributed by atoms with van der Waals surface area (Å²) < 4.78 is 25.0. The number of nitrogens with two attached hydrogens (primary N) is 1. The SMILES string of the molecule is CC1(C)[C@@H](N)[C@@H]1C1CC(F)(F)C1. The third kappa shape index (κ3) is 0.987. The Balaban J connectivity index is 1.92. The van der Waals surface area contributed by atoms with Gasteiger partial charge >= 0.3 is 0 Å². The minimum absolute atomic E-state index is 0.0643. The van der Waals surface area contributed by atoms with Crippen molar-refractivity contribution in [3.63, 3.8) is 0 Å². The van der Waals surface area contributed by atoms with Gasteiger partial charge < -0.3 is 5.73 Å². The second-order valence-corrected chi connectivity index (χ2v) is 4.90. The predicted octanol–water partition coefficient (Wildman–Crippen LogP) is 2.02. The molecule has 70 valence electrons. The Morgan fingerprint density at radius 3 is 1.92 bits per heavy atom. The van der Waals surface area contributed by atoms with Gasteiger partial charge in [-0.3, -0.25) is 0 Å². The fourth-order valence-electron chi connectivity index (χ4n) is 2.58. The summed E-state index contributed by atoms with van der Waals surface area (Å²) in [6.45, 7) is 4.14. The summed E-state index contributed by atoms with van der Waals surface area (Å²) in [7, 11) is 0. The van der Waals surface area contributed by atoms with Crippen LogP contribution in [0.1, 0.15) is 26.7 Å². The summed E-state index contributed by atoms with van der Waals surface area (Å²) in [5.74, 6) is -1.86. The summed E-state index contributed by atoms with van der Waals surface area (Å²) in [5.41, 5.74) is 5.91. The topological polar surface area (TPSA) is 26.0 Å². The molecule has 0 heterocycles. The first-order chi connectivity index (χ1) is 5.34. The molecular weight excluding hydrogens is 160 g/mol. The Kier molecular flexibility index (Phi) is 1.41. The fraction of sp³-hybridized carbons (Fsp3) is 1.00. The van der Waals surface area contributed by atoms with E-state index in [1.807, 2.05) is 0 Å². The van der Waals surface area contributed by atoms with Gasteiger partial charge in [0.1, 0.15) is 0 Å². The van der Waals surface area contributed by atoms with Gasteiger partial charge in [-0.05, 0) is 17.3 Å². The van der Waals surface area contributed by atoms with Crippen molar-refractivity contribution in [2.75, 3.05) is 0 Å². The highest BCUT2D eigenvalue weighted by molar-refractivity contribution is 5.14. The van der Waals surface area contributed by atoms with Crippen LogP contribution in [0.4, 0.5) is 8.78 Å². The van der Waals surface area contributed by atoms with Crippen molar-refractivity contribution >= 4 is 0 Å². The number of alkyl halides is 2. The third-order valence-corrected chi connectivity index (χ3v) is 3.63. The van der Waals surface area contributed by atoms with E-state index >= 15 is 0 Å². The van der Waals surface area contributed by atoms with E-state index in [2.05, 4.69) is 13.8 Å². The largest absolute Gasteiger partial charge is 0.327 e. The average Bonchev–Trinajstić information content (AvgIpc) is 2.27. The minimum Gasteiger partial charge on any atom is -0.327 e. The lowest BCUT2D eigenvalue weighted by Crippen LogP contribution is -2.38. The van der Waals surface area contributed by atoms with Gasteiger partial charge in [0.2, 0.25) is 5.92 Å². The maximum absolute atomic E-state index is 12.5. The highest BCUT2D eigenvalue weighted by atomic mass is 19.3. The molecule has 2 aliphatic rings. The number of halogens is 2. The van der Waals surface area contributed by atoms with E-state index in [9.17, 15) is 8.78 Å². The lowest BCUT2D eigenvalue weighted by Gasteiger charge is -2.36. The first-order valence-corrected chi connectivity index (χ1v) is 4.48. The zero-order valence-corrected chi connectivity index (χ0v) is 7.48. The molecule has 1 nitrogen and oxygen atoms in total. The summed E-state index contributed by atoms with van der Waals surface area (Å²) in [6, 6.07) is 0.151. The van der Waals surface area contributed by atoms with Crippen LogP contribution in [0.3, 0.4) is 0 Å². The van der Waals surface area contributed by atoms with Gasteiger partial charge in [0.15, 0.2) is 0 Å². The van der Waals surface area contributed by atoms with Crippen LogP contribution in [0.15, 0.2) is 0 Å². The standard InChI is InChI=1S/C9H15F2N/c1-8(2)6(7(8)12)5-3-9(10,11)4-5/h5-7H,3-4,12H2,1-2H3/t6-,7-/m0/s1. The second-order valence-electron chi connectivity index (χ2n) is 4.90. The zero-order chi connectivity index (χ0) is 9.15. The van der Waals surface area contributed by atoms with Gasteiger partial charge in [-0.15, -0.1) is 0 Å². The quantitative estimate of drug-likeness (QED) is 0.648. The van der Waals surface area contributed by atoms with E-state index in [1.54, 1.807) is 0 Å². The summed E-state index contributed by atoms with van der Waals surface area (Å²) >= 11 is 0. The number of rotatable bonds is 1. The molecule has 0 radical (unpaired) electrons. The molecule has 2 N–H and O–H groups in total. The Hall–Kier alpha value is -0.180. The Labute approximate surface area is 71.3 Å². The Morgan fingerprint density at radius 2 is 1.67 bits per heavy atom. The molecule has 2 rings (SSSR count). The molecule has 0 aliphatic heterocycles. The molecule has 2 saturated carbocycles. The number of hydrogen-bond donors (Lipinski definition) is 1. The van der Waals surface area contributed by atoms with Crippen LogP contribution in [-0.4, -0.2) is 12.0 Å². The fourth-order valence-corrected chi connectivity index (χ4v) is 2.58. The molecule has 0 spiro atoms. The maximum atomic E-state index is 12.5. The zero-order valence-electron chi connectivity index (χ0n) is 7.48. The van der Waals surface area contributed by atoms with Crippen LogP contribution < -0.4 is 5.73 Å². The average molecular weight is 175 g/mol. The summed E-state index contributed by atoms with van der Waals surface area (Å²) in [6.07, 6.45) is 0.129. The van der Waals surface area contributed by atoms with Crippen molar-refractivity contribution in [1.29, 1.82) is 0 Å². The molecule has 12 heavy (non-hydrogen) atoms. The third-order valence-electron chi connectivity index (χ3n) is 3.63. The van der Waals surface area contributed by atoms with Gasteiger partial charge in [0, 0.05) is 18.9 Å². The Bertz CT molecular complexity index is 205. The normalized spacial score (nSPS) is 43.8. The van der Waals surface area contributed by atoms with Crippen LogP contribution in [0.25, 0.3) is 0 Å². The number of hydrogen-bond acceptors (Lipinski definition) is 1. The maximum Gasteiger partial charge on any atom is 0.248 e. The highest BCUT2D eigenvalue weighted by Gasteiger charge is 2.64. The van der Waals surface area contributed by atoms with E-state index in [-0.39, 0.29) is 30.2 Å². The molecule has 0 unspecified atom stereocenters. The molecule has 0 amide bonds. The van der Waals surface area contributed by atoms with Gasteiger partial charge in [-0.1, -0.05) is 13.8 Å². The molecule has 2 aliphatic carbocycles. The highest BCUT2D eigenvalue weighted by Crippen LogP contribution is 2.62. The van der Waals surface area contributed by atoms with Crippen molar-refractivity contribution in [2.24, 2.45) is 23.0 Å². The minimum atomic E-state index is -2.39. The van der Waals surface area contributed by atoms with E-state index in [1.165, 1.54) is 0 Å². The second kappa shape index (κ2) is 2.00. The van der Waals surface area contributed by atoms with Gasteiger partial charge in [0.05, 0.1) is 0 Å². The van der Waals surface area contributed by atoms with Crippen LogP contribution in [0.5, 0.6) is 0 Å². The molecule has 2 fully saturated rings. The lowest BCUT2D eigenvalue weighted by atomic mass is 9.76. The molecular formula is C9H15F2N. The smallest absolute Gasteiger partial charge is 0.248 e. The molecule has 0 aromatic heterocycles. The molecule has 3 heteroatoms. The van der Waals surface area contributed by atoms with Crippen LogP contribution >= 0.6 is 0 Å². The summed E-state index contributed by atoms with van der Waals surface area (Å²) in [4.78, 5) is 0. The molecule has 0 bridgehead atoms. The van der Waals surface area contributed by atoms with E-state index in [4.69, 9.17) is 5.73 Å². The first kappa shape index (κ1) is 8.42. The van der Waals surface area contributed by atoms with Crippen LogP contribution in [-0.2, 0) is 0 Å². The van der Waals surface area contributed by atoms with Crippen LogP contribution in [0.2, 0.25) is 0 Å². The molecule has 0 aromatic rings. The first-order valence-electron chi connectivity index (χ1n) is 4.48. The predicted molar refractivity (Wildman–Crippen MR) is 42.9 cm³/mol. The van der Waals surface area contributed by atoms with Crippen molar-refractivity contribution in [1.82, 2.24) is 0 Å². The van der Waals surface area contributed by atoms with Crippen LogP contribution in [0, 0.1) is 17.3 Å². The molecule has 0 saturated heterocycles. The van der Waals surface area contributed by atoms with E-state index < -0.39 is 5.92 Å². The van der Waals surface area contributed by atoms with E-state index in [0.29, 0.717) is 5.92 Å². The molecule has 2 atom stereocenters. The Morgan fingerprint density at radius 1 is 1.25 bits per heavy atom. The van der Waals surface area contributed by atoms with Gasteiger partial charge in [0.25, 0.3) is 0 Å². The van der Waals surface area contributed by atoms with Gasteiger partial charge in [-0.2, -0.15) is 0 Å². The monoisotopic (exact) mass is 175 g/mol. The lowest BCUT2D eigenvalue weighted by molar-refractivity contribution is -0.119. The van der Waals surface area contributed by atoms with Crippen molar-refractivity contribution in [3.05, 3.63) is 0 Å².